The summed E-state index contributed by atoms with van der Waals surface area (Å²) in [4.78, 5) is 0. The van der Waals surface area contributed by atoms with Crippen molar-refractivity contribution >= 4 is 0 Å². The van der Waals surface area contributed by atoms with Gasteiger partial charge in [-0.2, -0.15) is 0 Å². The molecular formula is C12H25. The van der Waals surface area contributed by atoms with Crippen LogP contribution in [0.25, 0.3) is 0 Å². The van der Waals surface area contributed by atoms with Gasteiger partial charge in [0.15, 0.2) is 0 Å². The van der Waals surface area contributed by atoms with E-state index in [-0.39, 0.29) is 0 Å². The lowest BCUT2D eigenvalue weighted by molar-refractivity contribution is 0.278. The predicted molar refractivity (Wildman–Crippen MR) is 57.1 cm³/mol. The van der Waals surface area contributed by atoms with Crippen LogP contribution < -0.4 is 0 Å². The Balaban J connectivity index is 3.56. The van der Waals surface area contributed by atoms with Gasteiger partial charge in [-0.05, 0) is 24.2 Å². The van der Waals surface area contributed by atoms with Crippen LogP contribution in [0.1, 0.15) is 59.8 Å². The second kappa shape index (κ2) is 5.61. The number of hydrogen-bond donors (Lipinski definition) is 0. The van der Waals surface area contributed by atoms with Gasteiger partial charge in [-0.3, -0.25) is 0 Å². The molecule has 0 aromatic heterocycles. The molecule has 0 saturated heterocycles. The number of hydrogen-bond acceptors (Lipinski definition) is 0. The van der Waals surface area contributed by atoms with Crippen LogP contribution in [0.3, 0.4) is 0 Å². The summed E-state index contributed by atoms with van der Waals surface area (Å²) in [6.45, 7) is 13.3. The van der Waals surface area contributed by atoms with Gasteiger partial charge in [0.2, 0.25) is 0 Å². The second-order valence-electron chi connectivity index (χ2n) is 4.91. The molecule has 0 aromatic carbocycles. The maximum Gasteiger partial charge on any atom is -0.0354 e. The molecule has 1 atom stereocenters. The fourth-order valence-electron chi connectivity index (χ4n) is 1.42. The van der Waals surface area contributed by atoms with Crippen LogP contribution in [0.2, 0.25) is 0 Å². The monoisotopic (exact) mass is 169 g/mol. The summed E-state index contributed by atoms with van der Waals surface area (Å²) in [6.07, 6.45) is 6.67. The van der Waals surface area contributed by atoms with E-state index in [1.165, 1.54) is 32.1 Å². The van der Waals surface area contributed by atoms with Crippen molar-refractivity contribution in [2.24, 2.45) is 11.3 Å². The van der Waals surface area contributed by atoms with Crippen molar-refractivity contribution in [2.45, 2.75) is 59.8 Å². The zero-order chi connectivity index (χ0) is 9.61. The average molecular weight is 169 g/mol. The van der Waals surface area contributed by atoms with Gasteiger partial charge in [-0.1, -0.05) is 53.9 Å². The smallest absolute Gasteiger partial charge is 0.0354 e. The van der Waals surface area contributed by atoms with Crippen LogP contribution in [0, 0.1) is 18.3 Å². The fraction of sp³-hybridized carbons (Fsp3) is 0.917. The molecule has 0 heteroatoms. The Kier molecular flexibility index (Phi) is 5.61. The molecule has 0 bridgehead atoms. The molecular weight excluding hydrogens is 144 g/mol. The zero-order valence-electron chi connectivity index (χ0n) is 9.32. The van der Waals surface area contributed by atoms with E-state index in [4.69, 9.17) is 0 Å². The molecule has 0 nitrogen and oxygen atoms in total. The highest BCUT2D eigenvalue weighted by molar-refractivity contribution is 4.70. The van der Waals surface area contributed by atoms with Crippen LogP contribution in [0.5, 0.6) is 0 Å². The summed E-state index contributed by atoms with van der Waals surface area (Å²) in [7, 11) is 0. The number of rotatable bonds is 6. The van der Waals surface area contributed by atoms with Gasteiger partial charge >= 0.3 is 0 Å². The molecule has 0 aliphatic carbocycles. The van der Waals surface area contributed by atoms with Crippen LogP contribution in [0.4, 0.5) is 0 Å². The highest BCUT2D eigenvalue weighted by atomic mass is 14.2. The van der Waals surface area contributed by atoms with Crippen molar-refractivity contribution in [2.75, 3.05) is 0 Å². The Labute approximate surface area is 78.8 Å². The summed E-state index contributed by atoms with van der Waals surface area (Å²) < 4.78 is 0. The van der Waals surface area contributed by atoms with Gasteiger partial charge < -0.3 is 0 Å². The Morgan fingerprint density at radius 1 is 1.25 bits per heavy atom. The van der Waals surface area contributed by atoms with E-state index < -0.39 is 0 Å². The molecule has 0 fully saturated rings. The second-order valence-corrected chi connectivity index (χ2v) is 4.91. The summed E-state index contributed by atoms with van der Waals surface area (Å²) in [5.41, 5.74) is 0.544. The van der Waals surface area contributed by atoms with E-state index in [1.807, 2.05) is 0 Å². The van der Waals surface area contributed by atoms with Gasteiger partial charge in [0.1, 0.15) is 0 Å². The largest absolute Gasteiger partial charge is 0.0654 e. The standard InChI is InChI=1S/C12H25/c1-6-7-9-12(4,5)10-8-11(2)3/h11H,2,6-10H2,1,3-5H3. The molecule has 1 radical (unpaired) electrons. The maximum absolute atomic E-state index is 4.02. The van der Waals surface area contributed by atoms with Crippen LogP contribution >= 0.6 is 0 Å². The van der Waals surface area contributed by atoms with E-state index in [0.717, 1.165) is 0 Å². The van der Waals surface area contributed by atoms with E-state index in [2.05, 4.69) is 34.6 Å². The normalized spacial score (nSPS) is 12.5. The third-order valence-electron chi connectivity index (χ3n) is 2.52. The Bertz CT molecular complexity index is 101. The highest BCUT2D eigenvalue weighted by Gasteiger charge is 2.16. The Morgan fingerprint density at radius 3 is 2.25 bits per heavy atom. The van der Waals surface area contributed by atoms with E-state index in [9.17, 15) is 0 Å². The fourth-order valence-corrected chi connectivity index (χ4v) is 1.42. The van der Waals surface area contributed by atoms with Crippen molar-refractivity contribution in [1.29, 1.82) is 0 Å². The molecule has 0 amide bonds. The first-order valence-corrected chi connectivity index (χ1v) is 5.31. The molecule has 73 valence electrons. The first-order chi connectivity index (χ1) is 5.48. The van der Waals surface area contributed by atoms with E-state index in [0.29, 0.717) is 11.3 Å². The molecule has 0 heterocycles. The maximum atomic E-state index is 4.02. The molecule has 0 aliphatic heterocycles. The zero-order valence-corrected chi connectivity index (χ0v) is 9.32. The van der Waals surface area contributed by atoms with Crippen LogP contribution in [-0.4, -0.2) is 0 Å². The lowest BCUT2D eigenvalue weighted by Gasteiger charge is -2.25. The summed E-state index contributed by atoms with van der Waals surface area (Å²) >= 11 is 0. The summed E-state index contributed by atoms with van der Waals surface area (Å²) in [5, 5.41) is 0. The average Bonchev–Trinajstić information content (AvgIpc) is 1.98. The minimum absolute atomic E-state index is 0.544. The summed E-state index contributed by atoms with van der Waals surface area (Å²) in [6, 6.07) is 0. The van der Waals surface area contributed by atoms with Crippen molar-refractivity contribution in [3.05, 3.63) is 6.92 Å². The molecule has 0 saturated carbocycles. The van der Waals surface area contributed by atoms with Gasteiger partial charge in [0.25, 0.3) is 0 Å². The Hall–Kier alpha value is 0. The molecule has 0 N–H and O–H groups in total. The minimum Gasteiger partial charge on any atom is -0.0654 e. The molecule has 0 aliphatic rings. The molecule has 0 aromatic rings. The third-order valence-corrected chi connectivity index (χ3v) is 2.52. The van der Waals surface area contributed by atoms with Crippen molar-refractivity contribution in [3.8, 4) is 0 Å². The van der Waals surface area contributed by atoms with Crippen molar-refractivity contribution in [1.82, 2.24) is 0 Å². The van der Waals surface area contributed by atoms with Crippen LogP contribution in [-0.2, 0) is 0 Å². The van der Waals surface area contributed by atoms with Gasteiger partial charge in [0.05, 0.1) is 0 Å². The third kappa shape index (κ3) is 6.69. The predicted octanol–water partition coefficient (Wildman–Crippen LogP) is 4.45. The van der Waals surface area contributed by atoms with Gasteiger partial charge in [-0.25, -0.2) is 0 Å². The molecule has 12 heavy (non-hydrogen) atoms. The van der Waals surface area contributed by atoms with Crippen molar-refractivity contribution in [3.63, 3.8) is 0 Å². The SMILES string of the molecule is [CH2]C(C)CCC(C)(C)CCCC. The molecule has 0 rings (SSSR count). The highest BCUT2D eigenvalue weighted by Crippen LogP contribution is 2.30. The lowest BCUT2D eigenvalue weighted by atomic mass is 9.81. The minimum atomic E-state index is 0.544. The van der Waals surface area contributed by atoms with E-state index >= 15 is 0 Å². The van der Waals surface area contributed by atoms with Crippen LogP contribution in [0.15, 0.2) is 0 Å². The number of unbranched alkanes of at least 4 members (excludes halogenated alkanes) is 1. The van der Waals surface area contributed by atoms with Gasteiger partial charge in [0, 0.05) is 0 Å². The van der Waals surface area contributed by atoms with Gasteiger partial charge in [-0.15, -0.1) is 0 Å². The van der Waals surface area contributed by atoms with E-state index in [1.54, 1.807) is 0 Å². The summed E-state index contributed by atoms with van der Waals surface area (Å²) in [5.74, 6) is 0.617. The first kappa shape index (κ1) is 12.0. The quantitative estimate of drug-likeness (QED) is 0.551. The molecule has 0 spiro atoms. The Morgan fingerprint density at radius 2 is 1.83 bits per heavy atom. The van der Waals surface area contributed by atoms with Crippen molar-refractivity contribution < 1.29 is 0 Å². The first-order valence-electron chi connectivity index (χ1n) is 5.31. The molecule has 1 unspecified atom stereocenters. The lowest BCUT2D eigenvalue weighted by Crippen LogP contribution is -2.12. The topological polar surface area (TPSA) is 0 Å².